The summed E-state index contributed by atoms with van der Waals surface area (Å²) in [6, 6.07) is 12.7. The van der Waals surface area contributed by atoms with E-state index < -0.39 is 0 Å². The first-order chi connectivity index (χ1) is 11.7. The number of hydrogen-bond acceptors (Lipinski definition) is 3. The number of nitrogens with zero attached hydrogens (tertiary/aromatic N) is 2. The molecule has 1 aromatic heterocycles. The molecule has 2 heterocycles. The van der Waals surface area contributed by atoms with Gasteiger partial charge < -0.3 is 15.5 Å². The molecule has 0 spiro atoms. The number of thiocarbonyl (C=S) groups is 1. The molecule has 24 heavy (non-hydrogen) atoms. The summed E-state index contributed by atoms with van der Waals surface area (Å²) < 4.78 is 0. The van der Waals surface area contributed by atoms with E-state index in [1.165, 1.54) is 43.6 Å². The van der Waals surface area contributed by atoms with E-state index >= 15 is 0 Å². The van der Waals surface area contributed by atoms with E-state index in [9.17, 15) is 0 Å². The number of pyridine rings is 1. The van der Waals surface area contributed by atoms with Crippen molar-refractivity contribution in [2.24, 2.45) is 0 Å². The fraction of sp³-hybridized carbons (Fsp3) is 0.368. The zero-order valence-electron chi connectivity index (χ0n) is 14.1. The summed E-state index contributed by atoms with van der Waals surface area (Å²) >= 11 is 5.34. The number of anilines is 2. The normalized spacial score (nSPS) is 14.3. The van der Waals surface area contributed by atoms with E-state index in [-0.39, 0.29) is 0 Å². The number of aromatic nitrogens is 1. The van der Waals surface area contributed by atoms with Gasteiger partial charge in [-0.25, -0.2) is 4.98 Å². The highest BCUT2D eigenvalue weighted by atomic mass is 32.1. The highest BCUT2D eigenvalue weighted by molar-refractivity contribution is 7.80. The Morgan fingerprint density at radius 3 is 2.58 bits per heavy atom. The monoisotopic (exact) mass is 340 g/mol. The molecule has 4 nitrogen and oxygen atoms in total. The lowest BCUT2D eigenvalue weighted by Gasteiger charge is -2.28. The van der Waals surface area contributed by atoms with Crippen molar-refractivity contribution in [1.82, 2.24) is 10.3 Å². The molecule has 0 amide bonds. The second-order valence-corrected chi connectivity index (χ2v) is 6.65. The van der Waals surface area contributed by atoms with E-state index in [4.69, 9.17) is 12.2 Å². The van der Waals surface area contributed by atoms with Gasteiger partial charge in [-0.05, 0) is 73.8 Å². The van der Waals surface area contributed by atoms with Gasteiger partial charge in [0.25, 0.3) is 0 Å². The first-order valence-electron chi connectivity index (χ1n) is 8.52. The van der Waals surface area contributed by atoms with E-state index in [2.05, 4.69) is 44.8 Å². The topological polar surface area (TPSA) is 40.2 Å². The number of hydrogen-bond donors (Lipinski definition) is 2. The van der Waals surface area contributed by atoms with Crippen LogP contribution in [0.5, 0.6) is 0 Å². The van der Waals surface area contributed by atoms with E-state index in [0.717, 1.165) is 11.4 Å². The van der Waals surface area contributed by atoms with Crippen LogP contribution in [0.1, 0.15) is 30.4 Å². The highest BCUT2D eigenvalue weighted by Crippen LogP contribution is 2.20. The van der Waals surface area contributed by atoms with E-state index in [0.29, 0.717) is 11.7 Å². The fourth-order valence-corrected chi connectivity index (χ4v) is 3.10. The summed E-state index contributed by atoms with van der Waals surface area (Å²) in [4.78, 5) is 6.72. The van der Waals surface area contributed by atoms with Crippen molar-refractivity contribution in [3.63, 3.8) is 0 Å². The zero-order chi connectivity index (χ0) is 16.8. The van der Waals surface area contributed by atoms with Crippen molar-refractivity contribution in [1.29, 1.82) is 0 Å². The van der Waals surface area contributed by atoms with Gasteiger partial charge in [0, 0.05) is 31.5 Å². The molecule has 0 saturated carbocycles. The van der Waals surface area contributed by atoms with Crippen LogP contribution in [-0.2, 0) is 6.54 Å². The Labute approximate surface area is 149 Å². The number of aryl methyl sites for hydroxylation is 1. The van der Waals surface area contributed by atoms with Crippen molar-refractivity contribution in [2.75, 3.05) is 23.3 Å². The molecule has 1 aliphatic rings. The van der Waals surface area contributed by atoms with Gasteiger partial charge in [-0.2, -0.15) is 0 Å². The predicted octanol–water partition coefficient (Wildman–Crippen LogP) is 3.87. The van der Waals surface area contributed by atoms with E-state index in [1.54, 1.807) is 6.20 Å². The molecule has 0 unspecified atom stereocenters. The molecule has 1 fully saturated rings. The maximum atomic E-state index is 5.34. The zero-order valence-corrected chi connectivity index (χ0v) is 14.9. The third-order valence-corrected chi connectivity index (χ3v) is 4.51. The van der Waals surface area contributed by atoms with Crippen molar-refractivity contribution < 1.29 is 0 Å². The van der Waals surface area contributed by atoms with Crippen molar-refractivity contribution >= 4 is 28.8 Å². The average molecular weight is 340 g/mol. The molecular formula is C19H24N4S. The third kappa shape index (κ3) is 4.68. The summed E-state index contributed by atoms with van der Waals surface area (Å²) in [5.74, 6) is 0.771. The largest absolute Gasteiger partial charge is 0.372 e. The van der Waals surface area contributed by atoms with Gasteiger partial charge in [0.1, 0.15) is 5.82 Å². The first kappa shape index (κ1) is 16.7. The molecule has 0 bridgehead atoms. The van der Waals surface area contributed by atoms with Crippen molar-refractivity contribution in [3.05, 3.63) is 53.7 Å². The molecular weight excluding hydrogens is 316 g/mol. The third-order valence-electron chi connectivity index (χ3n) is 4.27. The standard InChI is InChI=1S/C19H24N4S/c1-15-9-10-20-18(13-15)22-19(24)21-14-16-5-7-17(8-6-16)23-11-3-2-4-12-23/h5-10,13H,2-4,11-12,14H2,1H3,(H2,20,21,22,24). The van der Waals surface area contributed by atoms with Crippen LogP contribution in [0.4, 0.5) is 11.5 Å². The molecule has 1 aromatic carbocycles. The van der Waals surface area contributed by atoms with Gasteiger partial charge in [-0.1, -0.05) is 12.1 Å². The number of rotatable bonds is 4. The minimum Gasteiger partial charge on any atom is -0.372 e. The minimum atomic E-state index is 0.591. The Morgan fingerprint density at radius 2 is 1.88 bits per heavy atom. The second-order valence-electron chi connectivity index (χ2n) is 6.24. The molecule has 126 valence electrons. The Balaban J connectivity index is 1.50. The smallest absolute Gasteiger partial charge is 0.172 e. The molecule has 2 N–H and O–H groups in total. The summed E-state index contributed by atoms with van der Waals surface area (Å²) in [7, 11) is 0. The molecule has 5 heteroatoms. The summed E-state index contributed by atoms with van der Waals surface area (Å²) in [6.45, 7) is 5.09. The van der Waals surface area contributed by atoms with E-state index in [1.807, 2.05) is 19.1 Å². The van der Waals surface area contributed by atoms with Gasteiger partial charge in [0.05, 0.1) is 0 Å². The molecule has 3 rings (SSSR count). The summed E-state index contributed by atoms with van der Waals surface area (Å²) in [5, 5.41) is 6.94. The number of benzene rings is 1. The number of piperidine rings is 1. The molecule has 0 aliphatic carbocycles. The van der Waals surface area contributed by atoms with Crippen LogP contribution >= 0.6 is 12.2 Å². The Kier molecular flexibility index (Phi) is 5.64. The lowest BCUT2D eigenvalue weighted by atomic mass is 10.1. The fourth-order valence-electron chi connectivity index (χ4n) is 2.92. The number of nitrogens with one attached hydrogen (secondary N) is 2. The first-order valence-corrected chi connectivity index (χ1v) is 8.93. The predicted molar refractivity (Wildman–Crippen MR) is 105 cm³/mol. The second kappa shape index (κ2) is 8.11. The van der Waals surface area contributed by atoms with Crippen LogP contribution in [0.15, 0.2) is 42.6 Å². The van der Waals surface area contributed by atoms with Gasteiger partial charge in [-0.15, -0.1) is 0 Å². The Bertz CT molecular complexity index is 678. The summed E-state index contributed by atoms with van der Waals surface area (Å²) in [5.41, 5.74) is 3.70. The van der Waals surface area contributed by atoms with Crippen molar-refractivity contribution in [2.45, 2.75) is 32.7 Å². The maximum absolute atomic E-state index is 5.34. The molecule has 1 aliphatic heterocycles. The van der Waals surface area contributed by atoms with Gasteiger partial charge in [0.15, 0.2) is 5.11 Å². The van der Waals surface area contributed by atoms with Gasteiger partial charge in [0.2, 0.25) is 0 Å². The average Bonchev–Trinajstić information content (AvgIpc) is 2.61. The lowest BCUT2D eigenvalue weighted by Crippen LogP contribution is -2.29. The Morgan fingerprint density at radius 1 is 1.12 bits per heavy atom. The quantitative estimate of drug-likeness (QED) is 0.827. The maximum Gasteiger partial charge on any atom is 0.172 e. The minimum absolute atomic E-state index is 0.591. The van der Waals surface area contributed by atoms with Crippen molar-refractivity contribution in [3.8, 4) is 0 Å². The SMILES string of the molecule is Cc1ccnc(NC(=S)NCc2ccc(N3CCCCC3)cc2)c1. The van der Waals surface area contributed by atoms with Crippen LogP contribution < -0.4 is 15.5 Å². The Hall–Kier alpha value is -2.14. The molecule has 1 saturated heterocycles. The van der Waals surface area contributed by atoms with Crippen LogP contribution in [0, 0.1) is 6.92 Å². The molecule has 0 radical (unpaired) electrons. The summed E-state index contributed by atoms with van der Waals surface area (Å²) in [6.07, 6.45) is 5.74. The molecule has 0 atom stereocenters. The highest BCUT2D eigenvalue weighted by Gasteiger charge is 2.10. The van der Waals surface area contributed by atoms with Gasteiger partial charge >= 0.3 is 0 Å². The van der Waals surface area contributed by atoms with Crippen LogP contribution in [-0.4, -0.2) is 23.2 Å². The molecule has 2 aromatic rings. The van der Waals surface area contributed by atoms with Crippen LogP contribution in [0.25, 0.3) is 0 Å². The lowest BCUT2D eigenvalue weighted by molar-refractivity contribution is 0.578. The van der Waals surface area contributed by atoms with Crippen LogP contribution in [0.2, 0.25) is 0 Å². The van der Waals surface area contributed by atoms with Gasteiger partial charge in [-0.3, -0.25) is 0 Å². The van der Waals surface area contributed by atoms with Crippen LogP contribution in [0.3, 0.4) is 0 Å².